The molecule has 4 fully saturated rings. The Bertz CT molecular complexity index is 618. The molecule has 4 aliphatic rings. The van der Waals surface area contributed by atoms with E-state index in [0.717, 1.165) is 52.1 Å². The van der Waals surface area contributed by atoms with E-state index in [-0.39, 0.29) is 5.91 Å². The molecule has 5 rings (SSSR count). The Labute approximate surface area is 149 Å². The number of piperidine rings is 1. The molecule has 6 heteroatoms. The van der Waals surface area contributed by atoms with Crippen LogP contribution >= 0.6 is 0 Å². The van der Waals surface area contributed by atoms with Gasteiger partial charge in [-0.2, -0.15) is 0 Å². The molecular weight excluding hydrogens is 318 g/mol. The Morgan fingerprint density at radius 2 is 2.00 bits per heavy atom. The molecule has 0 unspecified atom stereocenters. The van der Waals surface area contributed by atoms with Crippen molar-refractivity contribution in [2.45, 2.75) is 37.8 Å². The molecule has 1 aromatic rings. The number of aromatic nitrogens is 1. The van der Waals surface area contributed by atoms with Crippen molar-refractivity contribution in [1.82, 2.24) is 14.8 Å². The van der Waals surface area contributed by atoms with Gasteiger partial charge in [-0.15, -0.1) is 0 Å². The average Bonchev–Trinajstić information content (AvgIpc) is 3.00. The minimum absolute atomic E-state index is 0.0634. The van der Waals surface area contributed by atoms with Crippen LogP contribution in [0.15, 0.2) is 18.3 Å². The third-order valence-corrected chi connectivity index (χ3v) is 5.90. The van der Waals surface area contributed by atoms with Crippen molar-refractivity contribution in [3.63, 3.8) is 0 Å². The fourth-order valence-corrected chi connectivity index (χ4v) is 4.59. The first-order valence-electron chi connectivity index (χ1n) is 9.38. The molecule has 0 radical (unpaired) electrons. The van der Waals surface area contributed by atoms with E-state index >= 15 is 0 Å². The van der Waals surface area contributed by atoms with Crippen LogP contribution in [0.2, 0.25) is 0 Å². The molecule has 4 saturated heterocycles. The van der Waals surface area contributed by atoms with Gasteiger partial charge in [-0.3, -0.25) is 9.69 Å². The van der Waals surface area contributed by atoms with Crippen molar-refractivity contribution in [1.29, 1.82) is 0 Å². The van der Waals surface area contributed by atoms with E-state index < -0.39 is 0 Å². The van der Waals surface area contributed by atoms with Crippen LogP contribution in [0.25, 0.3) is 0 Å². The standard InChI is InChI=1S/C19H27N3O3/c1-24-18-17(3-2-8-20-18)19(23)22-12-14-4-5-16(22)13-21(11-14)15-6-9-25-10-7-15/h2-3,8,14-16H,4-7,9-13H2,1H3/t14-,16+/m0/s1. The second-order valence-corrected chi connectivity index (χ2v) is 7.41. The van der Waals surface area contributed by atoms with Gasteiger partial charge < -0.3 is 14.4 Å². The number of hydrogen-bond acceptors (Lipinski definition) is 5. The first-order valence-corrected chi connectivity index (χ1v) is 9.38. The molecule has 25 heavy (non-hydrogen) atoms. The number of pyridine rings is 1. The summed E-state index contributed by atoms with van der Waals surface area (Å²) >= 11 is 0. The maximum absolute atomic E-state index is 13.2. The molecule has 6 nitrogen and oxygen atoms in total. The van der Waals surface area contributed by atoms with Gasteiger partial charge in [-0.25, -0.2) is 4.98 Å². The van der Waals surface area contributed by atoms with Crippen molar-refractivity contribution in [2.24, 2.45) is 5.92 Å². The van der Waals surface area contributed by atoms with Gasteiger partial charge in [-0.1, -0.05) is 0 Å². The molecule has 1 amide bonds. The molecule has 0 aromatic carbocycles. The van der Waals surface area contributed by atoms with Crippen LogP contribution in [-0.4, -0.2) is 72.7 Å². The summed E-state index contributed by atoms with van der Waals surface area (Å²) in [6.07, 6.45) is 6.21. The van der Waals surface area contributed by atoms with Gasteiger partial charge in [0.15, 0.2) is 0 Å². The van der Waals surface area contributed by atoms with Crippen molar-refractivity contribution in [3.8, 4) is 5.88 Å². The topological polar surface area (TPSA) is 54.9 Å². The number of rotatable bonds is 3. The van der Waals surface area contributed by atoms with Crippen LogP contribution in [0, 0.1) is 5.92 Å². The number of fused-ring (bicyclic) bond motifs is 4. The van der Waals surface area contributed by atoms with Crippen molar-refractivity contribution < 1.29 is 14.3 Å². The van der Waals surface area contributed by atoms with Gasteiger partial charge in [0.2, 0.25) is 5.88 Å². The Hall–Kier alpha value is -1.66. The maximum Gasteiger partial charge on any atom is 0.259 e. The first-order chi connectivity index (χ1) is 12.3. The molecule has 4 aliphatic heterocycles. The van der Waals surface area contributed by atoms with Crippen LogP contribution in [0.4, 0.5) is 0 Å². The van der Waals surface area contributed by atoms with Crippen molar-refractivity contribution in [3.05, 3.63) is 23.9 Å². The molecule has 136 valence electrons. The summed E-state index contributed by atoms with van der Waals surface area (Å²) in [5, 5.41) is 0. The normalized spacial score (nSPS) is 28.0. The number of carbonyl (C=O) groups is 1. The molecule has 2 bridgehead atoms. The minimum Gasteiger partial charge on any atom is -0.480 e. The zero-order chi connectivity index (χ0) is 17.2. The lowest BCUT2D eigenvalue weighted by Gasteiger charge is -2.37. The Morgan fingerprint density at radius 3 is 2.80 bits per heavy atom. The van der Waals surface area contributed by atoms with E-state index in [1.807, 2.05) is 6.07 Å². The predicted octanol–water partition coefficient (Wildman–Crippen LogP) is 1.81. The molecule has 0 spiro atoms. The third kappa shape index (κ3) is 3.37. The van der Waals surface area contributed by atoms with E-state index in [1.54, 1.807) is 19.4 Å². The highest BCUT2D eigenvalue weighted by atomic mass is 16.5. The monoisotopic (exact) mass is 345 g/mol. The molecular formula is C19H27N3O3. The highest BCUT2D eigenvalue weighted by Gasteiger charge is 2.40. The van der Waals surface area contributed by atoms with Crippen LogP contribution in [0.3, 0.4) is 0 Å². The van der Waals surface area contributed by atoms with Crippen LogP contribution in [0.5, 0.6) is 5.88 Å². The summed E-state index contributed by atoms with van der Waals surface area (Å²) in [5.41, 5.74) is 0.579. The van der Waals surface area contributed by atoms with Crippen molar-refractivity contribution >= 4 is 5.91 Å². The molecule has 0 aliphatic carbocycles. The van der Waals surface area contributed by atoms with E-state index in [9.17, 15) is 4.79 Å². The SMILES string of the molecule is COc1ncccc1C(=O)N1C[C@H]2CC[C@@H]1CN(C1CCOCC1)C2. The van der Waals surface area contributed by atoms with Crippen LogP contribution in [0.1, 0.15) is 36.0 Å². The highest BCUT2D eigenvalue weighted by molar-refractivity contribution is 5.96. The summed E-state index contributed by atoms with van der Waals surface area (Å²) in [6, 6.07) is 4.53. The van der Waals surface area contributed by atoms with Crippen LogP contribution < -0.4 is 4.74 Å². The summed E-state index contributed by atoms with van der Waals surface area (Å²) in [5.74, 6) is 1.05. The molecule has 2 atom stereocenters. The lowest BCUT2D eigenvalue weighted by molar-refractivity contribution is 0.0304. The van der Waals surface area contributed by atoms with E-state index in [2.05, 4.69) is 14.8 Å². The average molecular weight is 345 g/mol. The summed E-state index contributed by atoms with van der Waals surface area (Å²) in [6.45, 7) is 4.67. The quantitative estimate of drug-likeness (QED) is 0.836. The summed E-state index contributed by atoms with van der Waals surface area (Å²) in [4.78, 5) is 22.1. The minimum atomic E-state index is 0.0634. The summed E-state index contributed by atoms with van der Waals surface area (Å²) in [7, 11) is 1.57. The largest absolute Gasteiger partial charge is 0.480 e. The second kappa shape index (κ2) is 7.30. The fourth-order valence-electron chi connectivity index (χ4n) is 4.59. The Balaban J connectivity index is 1.53. The number of carbonyl (C=O) groups excluding carboxylic acids is 1. The first kappa shape index (κ1) is 16.8. The number of amides is 1. The van der Waals surface area contributed by atoms with E-state index in [0.29, 0.717) is 29.4 Å². The van der Waals surface area contributed by atoms with E-state index in [4.69, 9.17) is 9.47 Å². The smallest absolute Gasteiger partial charge is 0.259 e. The highest BCUT2D eigenvalue weighted by Crippen LogP contribution is 2.32. The predicted molar refractivity (Wildman–Crippen MR) is 93.8 cm³/mol. The third-order valence-electron chi connectivity index (χ3n) is 5.90. The van der Waals surface area contributed by atoms with Gasteiger partial charge in [0.25, 0.3) is 5.91 Å². The molecule has 1 aromatic heterocycles. The number of ether oxygens (including phenoxy) is 2. The number of methoxy groups -OCH3 is 1. The van der Waals surface area contributed by atoms with Gasteiger partial charge in [0.05, 0.1) is 7.11 Å². The summed E-state index contributed by atoms with van der Waals surface area (Å²) < 4.78 is 10.8. The van der Waals surface area contributed by atoms with Gasteiger partial charge in [-0.05, 0) is 43.7 Å². The molecule has 0 N–H and O–H groups in total. The van der Waals surface area contributed by atoms with Gasteiger partial charge in [0.1, 0.15) is 5.56 Å². The lowest BCUT2D eigenvalue weighted by Crippen LogP contribution is -2.48. The zero-order valence-corrected chi connectivity index (χ0v) is 14.9. The molecule has 0 saturated carbocycles. The zero-order valence-electron chi connectivity index (χ0n) is 14.9. The maximum atomic E-state index is 13.2. The second-order valence-electron chi connectivity index (χ2n) is 7.41. The Morgan fingerprint density at radius 1 is 1.16 bits per heavy atom. The van der Waals surface area contributed by atoms with E-state index in [1.165, 1.54) is 6.42 Å². The van der Waals surface area contributed by atoms with Gasteiger partial charge >= 0.3 is 0 Å². The Kier molecular flexibility index (Phi) is 4.90. The van der Waals surface area contributed by atoms with Crippen LogP contribution in [-0.2, 0) is 4.74 Å². The van der Waals surface area contributed by atoms with Crippen molar-refractivity contribution in [2.75, 3.05) is 40.0 Å². The van der Waals surface area contributed by atoms with Gasteiger partial charge in [0, 0.05) is 51.1 Å². The lowest BCUT2D eigenvalue weighted by atomic mass is 9.94. The fraction of sp³-hybridized carbons (Fsp3) is 0.684. The molecule has 5 heterocycles. The number of nitrogens with zero attached hydrogens (tertiary/aromatic N) is 3. The number of hydrogen-bond donors (Lipinski definition) is 0.